The van der Waals surface area contributed by atoms with Crippen LogP contribution in [-0.2, 0) is 4.79 Å². The number of benzene rings is 1. The third-order valence-corrected chi connectivity index (χ3v) is 2.49. The van der Waals surface area contributed by atoms with E-state index in [9.17, 15) is 4.79 Å². The van der Waals surface area contributed by atoms with Crippen molar-refractivity contribution in [3.05, 3.63) is 29.8 Å². The minimum absolute atomic E-state index is 0.0291. The van der Waals surface area contributed by atoms with Gasteiger partial charge in [-0.15, -0.1) is 0 Å². The Hall–Kier alpha value is -1.55. The van der Waals surface area contributed by atoms with Gasteiger partial charge in [-0.2, -0.15) is 0 Å². The standard InChI is InChI=1S/C13H20N2O2/c1-3-11(14)10-7-5-6-8-12(10)17-9-13(16)15-4-2/h5-8,11H,3-4,9,14H2,1-2H3,(H,15,16)/t11-/m1/s1. The molecule has 4 heteroatoms. The van der Waals surface area contributed by atoms with E-state index in [2.05, 4.69) is 5.32 Å². The van der Waals surface area contributed by atoms with Crippen LogP contribution in [0.3, 0.4) is 0 Å². The van der Waals surface area contributed by atoms with Crippen LogP contribution in [-0.4, -0.2) is 19.1 Å². The average molecular weight is 236 g/mol. The van der Waals surface area contributed by atoms with E-state index in [1.807, 2.05) is 38.1 Å². The lowest BCUT2D eigenvalue weighted by Crippen LogP contribution is -2.28. The highest BCUT2D eigenvalue weighted by Crippen LogP contribution is 2.25. The first-order valence-electron chi connectivity index (χ1n) is 5.93. The molecule has 0 aromatic heterocycles. The Morgan fingerprint density at radius 2 is 2.12 bits per heavy atom. The Morgan fingerprint density at radius 1 is 1.41 bits per heavy atom. The SMILES string of the molecule is CCNC(=O)COc1ccccc1[C@H](N)CC. The van der Waals surface area contributed by atoms with Gasteiger partial charge in [-0.1, -0.05) is 25.1 Å². The van der Waals surface area contributed by atoms with E-state index in [-0.39, 0.29) is 18.6 Å². The summed E-state index contributed by atoms with van der Waals surface area (Å²) in [5.74, 6) is 0.570. The third kappa shape index (κ3) is 4.07. The molecule has 1 rings (SSSR count). The van der Waals surface area contributed by atoms with Crippen LogP contribution in [0.4, 0.5) is 0 Å². The van der Waals surface area contributed by atoms with Gasteiger partial charge in [-0.05, 0) is 19.4 Å². The summed E-state index contributed by atoms with van der Waals surface area (Å²) in [7, 11) is 0. The summed E-state index contributed by atoms with van der Waals surface area (Å²) >= 11 is 0. The molecule has 0 aliphatic rings. The van der Waals surface area contributed by atoms with Gasteiger partial charge in [-0.3, -0.25) is 4.79 Å². The molecule has 94 valence electrons. The van der Waals surface area contributed by atoms with Gasteiger partial charge in [0.15, 0.2) is 6.61 Å². The summed E-state index contributed by atoms with van der Waals surface area (Å²) in [6.45, 7) is 4.53. The van der Waals surface area contributed by atoms with Crippen LogP contribution < -0.4 is 15.8 Å². The van der Waals surface area contributed by atoms with Crippen molar-refractivity contribution in [3.8, 4) is 5.75 Å². The first-order valence-corrected chi connectivity index (χ1v) is 5.93. The predicted octanol–water partition coefficient (Wildman–Crippen LogP) is 1.61. The first-order chi connectivity index (χ1) is 8.19. The van der Waals surface area contributed by atoms with Crippen molar-refractivity contribution in [2.24, 2.45) is 5.73 Å². The lowest BCUT2D eigenvalue weighted by molar-refractivity contribution is -0.123. The van der Waals surface area contributed by atoms with E-state index in [4.69, 9.17) is 10.5 Å². The van der Waals surface area contributed by atoms with Crippen molar-refractivity contribution in [2.75, 3.05) is 13.2 Å². The summed E-state index contributed by atoms with van der Waals surface area (Å²) in [6.07, 6.45) is 0.835. The molecule has 0 fully saturated rings. The number of nitrogens with two attached hydrogens (primary N) is 1. The summed E-state index contributed by atoms with van der Waals surface area (Å²) in [5.41, 5.74) is 6.92. The van der Waals surface area contributed by atoms with E-state index in [0.29, 0.717) is 12.3 Å². The first kappa shape index (κ1) is 13.5. The summed E-state index contributed by atoms with van der Waals surface area (Å²) in [4.78, 5) is 11.3. The Labute approximate surface area is 102 Å². The molecule has 0 aliphatic heterocycles. The van der Waals surface area contributed by atoms with Gasteiger partial charge in [0.05, 0.1) is 0 Å². The largest absolute Gasteiger partial charge is 0.483 e. The summed E-state index contributed by atoms with van der Waals surface area (Å²) < 4.78 is 5.48. The number of rotatable bonds is 6. The normalized spacial score (nSPS) is 11.9. The molecule has 0 heterocycles. The maximum atomic E-state index is 11.3. The lowest BCUT2D eigenvalue weighted by Gasteiger charge is -2.15. The zero-order chi connectivity index (χ0) is 12.7. The minimum Gasteiger partial charge on any atom is -0.483 e. The van der Waals surface area contributed by atoms with Crippen molar-refractivity contribution in [1.82, 2.24) is 5.32 Å². The van der Waals surface area contributed by atoms with Crippen LogP contribution in [0.25, 0.3) is 0 Å². The maximum absolute atomic E-state index is 11.3. The Balaban J connectivity index is 2.67. The third-order valence-electron chi connectivity index (χ3n) is 2.49. The van der Waals surface area contributed by atoms with E-state index in [1.165, 1.54) is 0 Å². The number of carbonyl (C=O) groups is 1. The number of amides is 1. The molecule has 1 atom stereocenters. The molecule has 1 amide bonds. The molecule has 3 N–H and O–H groups in total. The molecular formula is C13H20N2O2. The van der Waals surface area contributed by atoms with Crippen LogP contribution in [0.1, 0.15) is 31.9 Å². The zero-order valence-corrected chi connectivity index (χ0v) is 10.4. The highest BCUT2D eigenvalue weighted by Gasteiger charge is 2.10. The smallest absolute Gasteiger partial charge is 0.257 e. The van der Waals surface area contributed by atoms with E-state index >= 15 is 0 Å². The lowest BCUT2D eigenvalue weighted by atomic mass is 10.0. The molecule has 0 spiro atoms. The van der Waals surface area contributed by atoms with Crippen LogP contribution in [0.5, 0.6) is 5.75 Å². The highest BCUT2D eigenvalue weighted by molar-refractivity contribution is 5.77. The molecule has 0 bridgehead atoms. The predicted molar refractivity (Wildman–Crippen MR) is 67.8 cm³/mol. The van der Waals surface area contributed by atoms with Crippen LogP contribution in [0.2, 0.25) is 0 Å². The van der Waals surface area contributed by atoms with Crippen LogP contribution in [0, 0.1) is 0 Å². The van der Waals surface area contributed by atoms with Crippen LogP contribution in [0.15, 0.2) is 24.3 Å². The molecule has 1 aromatic carbocycles. The fourth-order valence-electron chi connectivity index (χ4n) is 1.53. The van der Waals surface area contributed by atoms with E-state index in [1.54, 1.807) is 0 Å². The molecule has 0 saturated heterocycles. The molecule has 0 saturated carbocycles. The fourth-order valence-corrected chi connectivity index (χ4v) is 1.53. The number of carbonyl (C=O) groups excluding carboxylic acids is 1. The van der Waals surface area contributed by atoms with E-state index < -0.39 is 0 Å². The van der Waals surface area contributed by atoms with Crippen molar-refractivity contribution in [1.29, 1.82) is 0 Å². The quantitative estimate of drug-likeness (QED) is 0.788. The zero-order valence-electron chi connectivity index (χ0n) is 10.4. The molecule has 0 radical (unpaired) electrons. The second-order valence-electron chi connectivity index (χ2n) is 3.79. The van der Waals surface area contributed by atoms with Gasteiger partial charge in [0.2, 0.25) is 0 Å². The topological polar surface area (TPSA) is 64.3 Å². The van der Waals surface area contributed by atoms with Crippen molar-refractivity contribution in [3.63, 3.8) is 0 Å². The van der Waals surface area contributed by atoms with Crippen LogP contribution >= 0.6 is 0 Å². The van der Waals surface area contributed by atoms with Crippen molar-refractivity contribution >= 4 is 5.91 Å². The van der Waals surface area contributed by atoms with Crippen molar-refractivity contribution in [2.45, 2.75) is 26.3 Å². The molecule has 4 nitrogen and oxygen atoms in total. The Bertz CT molecular complexity index is 366. The summed E-state index contributed by atoms with van der Waals surface area (Å²) in [6, 6.07) is 7.51. The molecule has 1 aromatic rings. The number of likely N-dealkylation sites (N-methyl/N-ethyl adjacent to an activating group) is 1. The molecule has 0 unspecified atom stereocenters. The van der Waals surface area contributed by atoms with Gasteiger partial charge >= 0.3 is 0 Å². The van der Waals surface area contributed by atoms with E-state index in [0.717, 1.165) is 12.0 Å². The number of ether oxygens (including phenoxy) is 1. The maximum Gasteiger partial charge on any atom is 0.257 e. The number of para-hydroxylation sites is 1. The second kappa shape index (κ2) is 6.91. The van der Waals surface area contributed by atoms with Gasteiger partial charge in [-0.25, -0.2) is 0 Å². The number of hydrogen-bond acceptors (Lipinski definition) is 3. The Kier molecular flexibility index (Phi) is 5.49. The van der Waals surface area contributed by atoms with Gasteiger partial charge in [0, 0.05) is 18.2 Å². The highest BCUT2D eigenvalue weighted by atomic mass is 16.5. The summed E-state index contributed by atoms with van der Waals surface area (Å²) in [5, 5.41) is 2.68. The Morgan fingerprint density at radius 3 is 2.76 bits per heavy atom. The fraction of sp³-hybridized carbons (Fsp3) is 0.462. The molecular weight excluding hydrogens is 216 g/mol. The minimum atomic E-state index is -0.118. The van der Waals surface area contributed by atoms with Gasteiger partial charge in [0.1, 0.15) is 5.75 Å². The number of nitrogens with one attached hydrogen (secondary N) is 1. The van der Waals surface area contributed by atoms with Gasteiger partial charge < -0.3 is 15.8 Å². The van der Waals surface area contributed by atoms with Crippen molar-refractivity contribution < 1.29 is 9.53 Å². The average Bonchev–Trinajstić information content (AvgIpc) is 2.36. The molecule has 0 aliphatic carbocycles. The second-order valence-corrected chi connectivity index (χ2v) is 3.79. The number of hydrogen-bond donors (Lipinski definition) is 2. The van der Waals surface area contributed by atoms with Gasteiger partial charge in [0.25, 0.3) is 5.91 Å². The monoisotopic (exact) mass is 236 g/mol. The molecule has 17 heavy (non-hydrogen) atoms.